The van der Waals surface area contributed by atoms with Crippen molar-refractivity contribution >= 4 is 47.6 Å². The summed E-state index contributed by atoms with van der Waals surface area (Å²) in [7, 11) is 0. The Hall–Kier alpha value is -5.41. The van der Waals surface area contributed by atoms with Gasteiger partial charge in [-0.15, -0.1) is 0 Å². The van der Waals surface area contributed by atoms with Crippen molar-refractivity contribution in [2.45, 2.75) is 118 Å². The highest BCUT2D eigenvalue weighted by Crippen LogP contribution is 2.52. The van der Waals surface area contributed by atoms with Crippen molar-refractivity contribution in [2.24, 2.45) is 23.2 Å². The predicted octanol–water partition coefficient (Wildman–Crippen LogP) is 3.97. The maximum Gasteiger partial charge on any atom is 0.340 e. The minimum absolute atomic E-state index is 0.0287. The number of fused-ring (bicyclic) bond motifs is 1. The number of ether oxygens (including phenoxy) is 7. The van der Waals surface area contributed by atoms with Crippen molar-refractivity contribution in [3.05, 3.63) is 53.9 Å². The number of nitrogens with zero attached hydrogens (tertiary/aromatic N) is 1. The van der Waals surface area contributed by atoms with Gasteiger partial charge in [-0.05, 0) is 19.1 Å². The summed E-state index contributed by atoms with van der Waals surface area (Å²) in [6.45, 7) is 14.0. The summed E-state index contributed by atoms with van der Waals surface area (Å²) in [6, 6.07) is 2.95. The number of rotatable bonds is 10. The molecule has 0 N–H and O–H groups in total. The number of carbonyl (C=O) groups excluding carboxylic acids is 8. The largest absolute Gasteiger partial charge is 0.461 e. The first-order valence-corrected chi connectivity index (χ1v) is 18.1. The van der Waals surface area contributed by atoms with E-state index < -0.39 is 119 Å². The Morgan fingerprint density at radius 3 is 1.96 bits per heavy atom. The van der Waals surface area contributed by atoms with E-state index in [2.05, 4.69) is 4.98 Å². The first-order valence-electron chi connectivity index (χ1n) is 18.1. The fourth-order valence-corrected chi connectivity index (χ4v) is 7.05. The highest BCUT2D eigenvalue weighted by atomic mass is 16.6. The molecule has 1 fully saturated rings. The molecule has 1 aromatic rings. The third kappa shape index (κ3) is 10.7. The van der Waals surface area contributed by atoms with Crippen LogP contribution in [0.1, 0.15) is 92.9 Å². The number of pyridine rings is 1. The molecule has 0 spiro atoms. The van der Waals surface area contributed by atoms with Crippen molar-refractivity contribution in [2.75, 3.05) is 6.61 Å². The quantitative estimate of drug-likeness (QED) is 0.186. The van der Waals surface area contributed by atoms with Crippen LogP contribution in [0.4, 0.5) is 0 Å². The van der Waals surface area contributed by atoms with Crippen molar-refractivity contribution in [1.82, 2.24) is 4.98 Å². The topological polar surface area (TPSA) is 214 Å². The van der Waals surface area contributed by atoms with E-state index in [1.54, 1.807) is 13.8 Å². The van der Waals surface area contributed by atoms with Gasteiger partial charge in [0.05, 0.1) is 17.4 Å². The summed E-state index contributed by atoms with van der Waals surface area (Å²) < 4.78 is 41.0. The number of hydrogen-bond donors (Lipinski definition) is 0. The molecule has 0 aliphatic heterocycles. The Labute approximate surface area is 325 Å². The summed E-state index contributed by atoms with van der Waals surface area (Å²) in [6.07, 6.45) is -0.0268. The Bertz CT molecular complexity index is 1760. The lowest BCUT2D eigenvalue weighted by Crippen LogP contribution is -2.54. The zero-order chi connectivity index (χ0) is 42.3. The lowest BCUT2D eigenvalue weighted by atomic mass is 9.75. The third-order valence-corrected chi connectivity index (χ3v) is 9.40. The van der Waals surface area contributed by atoms with E-state index in [0.717, 1.165) is 34.6 Å². The first kappa shape index (κ1) is 45.0. The molecule has 8 unspecified atom stereocenters. The molecule has 0 amide bonds. The first-order chi connectivity index (χ1) is 25.9. The molecular formula is C40H51NO15. The number of Topliss-reactive ketones (excluding diaryl/α,β-unsaturated/α-hetero) is 1. The van der Waals surface area contributed by atoms with Crippen LogP contribution >= 0.6 is 0 Å². The molecule has 2 aliphatic carbocycles. The molecular weight excluding hydrogens is 734 g/mol. The molecule has 1 aromatic heterocycles. The molecule has 1 heterocycles. The number of allylic oxidation sites excluding steroid dienone is 1. The Balaban J connectivity index is 2.60. The zero-order valence-corrected chi connectivity index (χ0v) is 33.6. The van der Waals surface area contributed by atoms with Crippen molar-refractivity contribution in [3.63, 3.8) is 0 Å². The van der Waals surface area contributed by atoms with Crippen LogP contribution in [0, 0.1) is 23.2 Å². The van der Waals surface area contributed by atoms with E-state index in [0.29, 0.717) is 0 Å². The number of esters is 7. The van der Waals surface area contributed by atoms with E-state index in [4.69, 9.17) is 33.2 Å². The molecule has 0 saturated heterocycles. The molecule has 0 bridgehead atoms. The zero-order valence-electron chi connectivity index (χ0n) is 33.6. The SMILES string of the molecule is CC(=O)OCC1=CC2C(OC(C)=O)C(C)(OC(C)=O)CC2(OC(C)=O)C(=O)C(C)C=CC(C)(C)C(OC(=O)c2cccnc2)C(OC(C)=O)C1OC(=O)C(C)C. The number of hydrogen-bond acceptors (Lipinski definition) is 16. The van der Waals surface area contributed by atoms with Crippen molar-refractivity contribution in [1.29, 1.82) is 0 Å². The lowest BCUT2D eigenvalue weighted by molar-refractivity contribution is -0.181. The molecule has 0 radical (unpaired) electrons. The van der Waals surface area contributed by atoms with Crippen LogP contribution in [0.2, 0.25) is 0 Å². The average molecular weight is 786 g/mol. The van der Waals surface area contributed by atoms with E-state index in [1.165, 1.54) is 70.4 Å². The van der Waals surface area contributed by atoms with Crippen LogP contribution in [0.5, 0.6) is 0 Å². The van der Waals surface area contributed by atoms with Crippen molar-refractivity contribution in [3.8, 4) is 0 Å². The molecule has 8 atom stereocenters. The van der Waals surface area contributed by atoms with E-state index >= 15 is 0 Å². The predicted molar refractivity (Wildman–Crippen MR) is 194 cm³/mol. The molecule has 16 nitrogen and oxygen atoms in total. The van der Waals surface area contributed by atoms with Gasteiger partial charge in [0, 0.05) is 70.3 Å². The van der Waals surface area contributed by atoms with Crippen molar-refractivity contribution < 1.29 is 71.5 Å². The highest BCUT2D eigenvalue weighted by molar-refractivity contribution is 5.94. The van der Waals surface area contributed by atoms with E-state index in [-0.39, 0.29) is 11.1 Å². The van der Waals surface area contributed by atoms with Gasteiger partial charge in [0.25, 0.3) is 0 Å². The molecule has 56 heavy (non-hydrogen) atoms. The van der Waals surface area contributed by atoms with Gasteiger partial charge in [-0.25, -0.2) is 4.79 Å². The maximum atomic E-state index is 14.9. The van der Waals surface area contributed by atoms with Gasteiger partial charge in [-0.3, -0.25) is 38.5 Å². The number of aromatic nitrogens is 1. The minimum Gasteiger partial charge on any atom is -0.461 e. The third-order valence-electron chi connectivity index (χ3n) is 9.40. The van der Waals surface area contributed by atoms with Crippen LogP contribution in [-0.2, 0) is 66.7 Å². The monoisotopic (exact) mass is 785 g/mol. The summed E-state index contributed by atoms with van der Waals surface area (Å²) in [5.41, 5.74) is -5.53. The smallest absolute Gasteiger partial charge is 0.340 e. The van der Waals surface area contributed by atoms with Crippen LogP contribution < -0.4 is 0 Å². The standard InChI is InChI=1S/C40H51NO15/c1-21(2)36(48)53-31-29(19-50-23(4)42)17-30-34(52-25(6)44)39(11,55-26(7)45)20-40(30,56-27(8)46)33(47)22(3)14-15-38(9,10)35(32(31)51-24(5)43)54-37(49)28-13-12-16-41-18-28/h12-18,21-22,30-32,34-35H,19-20H2,1-11H3. The van der Waals surface area contributed by atoms with Crippen LogP contribution in [-0.4, -0.2) is 94.8 Å². The van der Waals surface area contributed by atoms with Gasteiger partial charge in [0.1, 0.15) is 6.61 Å². The minimum atomic E-state index is -2.24. The second kappa shape index (κ2) is 18.0. The van der Waals surface area contributed by atoms with Crippen LogP contribution in [0.15, 0.2) is 48.3 Å². The normalized spacial score (nSPS) is 28.6. The summed E-state index contributed by atoms with van der Waals surface area (Å²) in [4.78, 5) is 110. The molecule has 306 valence electrons. The summed E-state index contributed by atoms with van der Waals surface area (Å²) in [5, 5.41) is 0. The fourth-order valence-electron chi connectivity index (χ4n) is 7.05. The highest BCUT2D eigenvalue weighted by Gasteiger charge is 2.68. The number of carbonyl (C=O) groups is 8. The fraction of sp³-hybridized carbons (Fsp3) is 0.575. The van der Waals surface area contributed by atoms with Gasteiger partial charge in [-0.2, -0.15) is 0 Å². The van der Waals surface area contributed by atoms with E-state index in [9.17, 15) is 38.4 Å². The molecule has 0 aromatic carbocycles. The second-order valence-electron chi connectivity index (χ2n) is 15.1. The van der Waals surface area contributed by atoms with Crippen LogP contribution in [0.3, 0.4) is 0 Å². The van der Waals surface area contributed by atoms with Gasteiger partial charge >= 0.3 is 41.8 Å². The van der Waals surface area contributed by atoms with Gasteiger partial charge in [0.2, 0.25) is 0 Å². The second-order valence-corrected chi connectivity index (χ2v) is 15.1. The lowest BCUT2D eigenvalue weighted by Gasteiger charge is -2.41. The Kier molecular flexibility index (Phi) is 14.5. The molecule has 2 aliphatic rings. The average Bonchev–Trinajstić information content (AvgIpc) is 3.29. The van der Waals surface area contributed by atoms with Gasteiger partial charge in [-0.1, -0.05) is 52.8 Å². The van der Waals surface area contributed by atoms with E-state index in [1.807, 2.05) is 0 Å². The van der Waals surface area contributed by atoms with Crippen LogP contribution in [0.25, 0.3) is 0 Å². The molecule has 16 heteroatoms. The summed E-state index contributed by atoms with van der Waals surface area (Å²) >= 11 is 0. The van der Waals surface area contributed by atoms with Gasteiger partial charge < -0.3 is 33.2 Å². The maximum absolute atomic E-state index is 14.9. The molecule has 1 saturated carbocycles. The molecule has 3 rings (SSSR count). The summed E-state index contributed by atoms with van der Waals surface area (Å²) in [5.74, 6) is -10.1. The number of ketones is 1. The van der Waals surface area contributed by atoms with Gasteiger partial charge in [0.15, 0.2) is 41.4 Å². The Morgan fingerprint density at radius 1 is 0.821 bits per heavy atom. The Morgan fingerprint density at radius 2 is 1.45 bits per heavy atom.